The highest BCUT2D eigenvalue weighted by molar-refractivity contribution is 6.18. The number of hydrogen-bond donors (Lipinski definition) is 1. The second-order valence-corrected chi connectivity index (χ2v) is 7.17. The Morgan fingerprint density at radius 3 is 2.37 bits per heavy atom. The predicted octanol–water partition coefficient (Wildman–Crippen LogP) is 3.75. The number of carbonyl (C=O) groups is 1. The normalized spacial score (nSPS) is 10.5. The molecule has 0 radical (unpaired) electrons. The number of nitrogens with zero attached hydrogens (tertiary/aromatic N) is 4. The molecule has 1 rings (SSSR count). The zero-order valence-electron chi connectivity index (χ0n) is 17.3. The molecule has 1 aromatic carbocycles. The molecule has 30 heavy (non-hydrogen) atoms. The van der Waals surface area contributed by atoms with Crippen LogP contribution in [0.1, 0.15) is 18.4 Å². The summed E-state index contributed by atoms with van der Waals surface area (Å²) in [7, 11) is 0. The molecule has 0 aliphatic rings. The lowest BCUT2D eigenvalue weighted by molar-refractivity contribution is -0.121. The number of anilines is 1. The first-order valence-electron chi connectivity index (χ1n) is 10.1. The van der Waals surface area contributed by atoms with Crippen LogP contribution < -0.4 is 10.2 Å². The van der Waals surface area contributed by atoms with Gasteiger partial charge in [-0.05, 0) is 36.1 Å². The number of hydrogen-bond acceptors (Lipinski definition) is 5. The van der Waals surface area contributed by atoms with Crippen molar-refractivity contribution in [3.05, 3.63) is 40.3 Å². The Morgan fingerprint density at radius 2 is 1.73 bits per heavy atom. The molecule has 0 spiro atoms. The Kier molecular flexibility index (Phi) is 15.9. The third kappa shape index (κ3) is 12.8. The van der Waals surface area contributed by atoms with E-state index in [4.69, 9.17) is 38.2 Å². The highest BCUT2D eigenvalue weighted by atomic mass is 35.5. The van der Waals surface area contributed by atoms with Gasteiger partial charge in [0.05, 0.1) is 26.4 Å². The lowest BCUT2D eigenvalue weighted by Gasteiger charge is -2.23. The first-order chi connectivity index (χ1) is 14.7. The van der Waals surface area contributed by atoms with Gasteiger partial charge in [-0.3, -0.25) is 4.79 Å². The Balaban J connectivity index is 2.10. The van der Waals surface area contributed by atoms with E-state index in [1.54, 1.807) is 0 Å². The number of nitrogens with one attached hydrogen (secondary N) is 1. The molecule has 0 saturated carbocycles. The number of rotatable bonds is 18. The fourth-order valence-corrected chi connectivity index (χ4v) is 3.13. The number of ether oxygens (including phenoxy) is 2. The minimum Gasteiger partial charge on any atom is -0.379 e. The molecule has 0 bridgehead atoms. The second-order valence-electron chi connectivity index (χ2n) is 6.41. The van der Waals surface area contributed by atoms with Crippen LogP contribution in [0, 0.1) is 0 Å². The lowest BCUT2D eigenvalue weighted by Crippen LogP contribution is -2.27. The van der Waals surface area contributed by atoms with E-state index in [-0.39, 0.29) is 5.91 Å². The van der Waals surface area contributed by atoms with Crippen LogP contribution in [0.25, 0.3) is 10.4 Å². The van der Waals surface area contributed by atoms with Crippen LogP contribution in [-0.4, -0.2) is 70.3 Å². The molecule has 0 fully saturated rings. The summed E-state index contributed by atoms with van der Waals surface area (Å²) in [5.74, 6) is 1.15. The van der Waals surface area contributed by atoms with Gasteiger partial charge in [-0.25, -0.2) is 0 Å². The van der Waals surface area contributed by atoms with Gasteiger partial charge in [0.1, 0.15) is 0 Å². The molecule has 0 aromatic heterocycles. The van der Waals surface area contributed by atoms with Gasteiger partial charge in [-0.15, -0.1) is 23.2 Å². The average molecular weight is 460 g/mol. The maximum atomic E-state index is 11.9. The van der Waals surface area contributed by atoms with Crippen LogP contribution in [0.15, 0.2) is 29.4 Å². The van der Waals surface area contributed by atoms with E-state index < -0.39 is 0 Å². The maximum Gasteiger partial charge on any atom is 0.220 e. The second kappa shape index (κ2) is 18.1. The van der Waals surface area contributed by atoms with Crippen molar-refractivity contribution in [1.29, 1.82) is 0 Å². The van der Waals surface area contributed by atoms with Crippen molar-refractivity contribution in [3.8, 4) is 0 Å². The number of halogens is 2. The molecule has 1 N–H and O–H groups in total. The summed E-state index contributed by atoms with van der Waals surface area (Å²) in [6, 6.07) is 8.33. The summed E-state index contributed by atoms with van der Waals surface area (Å²) in [5, 5.41) is 6.21. The van der Waals surface area contributed by atoms with Crippen molar-refractivity contribution >= 4 is 34.8 Å². The fraction of sp³-hybridized carbons (Fsp3) is 0.650. The minimum absolute atomic E-state index is 0.0243. The molecule has 0 atom stereocenters. The van der Waals surface area contributed by atoms with Crippen LogP contribution in [0.4, 0.5) is 5.69 Å². The molecule has 1 amide bonds. The van der Waals surface area contributed by atoms with Gasteiger partial charge in [-0.2, -0.15) is 0 Å². The van der Waals surface area contributed by atoms with Gasteiger partial charge in [-0.1, -0.05) is 17.2 Å². The first kappa shape index (κ1) is 26.3. The van der Waals surface area contributed by atoms with E-state index in [2.05, 4.69) is 44.5 Å². The predicted molar refractivity (Wildman–Crippen MR) is 122 cm³/mol. The van der Waals surface area contributed by atoms with Crippen molar-refractivity contribution in [2.24, 2.45) is 5.11 Å². The Morgan fingerprint density at radius 1 is 1.07 bits per heavy atom. The molecule has 1 aromatic rings. The van der Waals surface area contributed by atoms with Crippen molar-refractivity contribution in [2.75, 3.05) is 69.3 Å². The topological polar surface area (TPSA) is 99.6 Å². The molecule has 168 valence electrons. The summed E-state index contributed by atoms with van der Waals surface area (Å²) in [4.78, 5) is 16.7. The largest absolute Gasteiger partial charge is 0.379 e. The van der Waals surface area contributed by atoms with Crippen LogP contribution in [0.5, 0.6) is 0 Å². The van der Waals surface area contributed by atoms with E-state index in [9.17, 15) is 4.79 Å². The molecule has 8 nitrogen and oxygen atoms in total. The number of amides is 1. The summed E-state index contributed by atoms with van der Waals surface area (Å²) in [6.07, 6.45) is 2.12. The highest BCUT2D eigenvalue weighted by Crippen LogP contribution is 2.16. The Hall–Kier alpha value is -1.70. The Bertz CT molecular complexity index is 621. The van der Waals surface area contributed by atoms with Crippen LogP contribution in [0.3, 0.4) is 0 Å². The number of azide groups is 1. The van der Waals surface area contributed by atoms with E-state index in [1.807, 2.05) is 0 Å². The van der Waals surface area contributed by atoms with Crippen LogP contribution >= 0.6 is 23.2 Å². The minimum atomic E-state index is 0.0243. The summed E-state index contributed by atoms with van der Waals surface area (Å²) < 4.78 is 10.6. The van der Waals surface area contributed by atoms with Gasteiger partial charge in [0.2, 0.25) is 5.91 Å². The smallest absolute Gasteiger partial charge is 0.220 e. The van der Waals surface area contributed by atoms with Crippen molar-refractivity contribution in [1.82, 2.24) is 5.32 Å². The molecular formula is C20H31Cl2N5O3. The van der Waals surface area contributed by atoms with Crippen LogP contribution in [-0.2, 0) is 20.7 Å². The maximum absolute atomic E-state index is 11.9. The fourth-order valence-electron chi connectivity index (χ4n) is 2.72. The van der Waals surface area contributed by atoms with E-state index in [0.717, 1.165) is 31.6 Å². The molecule has 0 heterocycles. The average Bonchev–Trinajstić information content (AvgIpc) is 2.75. The van der Waals surface area contributed by atoms with Gasteiger partial charge in [0.15, 0.2) is 0 Å². The number of alkyl halides is 2. The third-order valence-corrected chi connectivity index (χ3v) is 4.56. The molecule has 0 unspecified atom stereocenters. The zero-order chi connectivity index (χ0) is 21.9. The van der Waals surface area contributed by atoms with Gasteiger partial charge in [0.25, 0.3) is 0 Å². The van der Waals surface area contributed by atoms with E-state index in [0.29, 0.717) is 57.7 Å². The molecule has 0 aliphatic heterocycles. The van der Waals surface area contributed by atoms with Gasteiger partial charge in [0, 0.05) is 55.0 Å². The monoisotopic (exact) mass is 459 g/mol. The standard InChI is InChI=1S/C20H31Cl2N5O3/c21-8-12-27(13-9-22)19-6-4-18(5-7-19)2-1-3-20(28)24-10-14-29-16-17-30-15-11-25-26-23/h4-7H,1-3,8-17H2,(H,24,28). The van der Waals surface area contributed by atoms with E-state index in [1.165, 1.54) is 5.56 Å². The quantitative estimate of drug-likeness (QED) is 0.119. The summed E-state index contributed by atoms with van der Waals surface area (Å²) in [5.41, 5.74) is 10.4. The molecule has 0 saturated heterocycles. The molecular weight excluding hydrogens is 429 g/mol. The summed E-state index contributed by atoms with van der Waals surface area (Å²) in [6.45, 7) is 4.02. The third-order valence-electron chi connectivity index (χ3n) is 4.22. The first-order valence-corrected chi connectivity index (χ1v) is 11.2. The van der Waals surface area contributed by atoms with Gasteiger partial charge >= 0.3 is 0 Å². The van der Waals surface area contributed by atoms with Crippen molar-refractivity contribution in [2.45, 2.75) is 19.3 Å². The van der Waals surface area contributed by atoms with E-state index >= 15 is 0 Å². The van der Waals surface area contributed by atoms with Crippen LogP contribution in [0.2, 0.25) is 0 Å². The number of benzene rings is 1. The lowest BCUT2D eigenvalue weighted by atomic mass is 10.1. The zero-order valence-corrected chi connectivity index (χ0v) is 18.8. The SMILES string of the molecule is [N-]=[N+]=NCCOCCOCCNC(=O)CCCc1ccc(N(CCCl)CCCl)cc1. The Labute approximate surface area is 188 Å². The molecule has 10 heteroatoms. The number of aryl methyl sites for hydroxylation is 1. The van der Waals surface area contributed by atoms with Crippen molar-refractivity contribution in [3.63, 3.8) is 0 Å². The van der Waals surface area contributed by atoms with Gasteiger partial charge < -0.3 is 19.7 Å². The molecule has 0 aliphatic carbocycles. The highest BCUT2D eigenvalue weighted by Gasteiger charge is 2.06. The van der Waals surface area contributed by atoms with Crippen molar-refractivity contribution < 1.29 is 14.3 Å². The number of carbonyl (C=O) groups excluding carboxylic acids is 1. The summed E-state index contributed by atoms with van der Waals surface area (Å²) >= 11 is 11.7.